The summed E-state index contributed by atoms with van der Waals surface area (Å²) in [5.74, 6) is -0.374. The Hall–Kier alpha value is -2.56. The summed E-state index contributed by atoms with van der Waals surface area (Å²) in [4.78, 5) is 24.8. The zero-order chi connectivity index (χ0) is 15.9. The lowest BCUT2D eigenvalue weighted by molar-refractivity contribution is -0.142. The minimum absolute atomic E-state index is 0.0634. The molecular weight excluding hydrogens is 282 g/mol. The van der Waals surface area contributed by atoms with Gasteiger partial charge in [-0.15, -0.1) is 0 Å². The highest BCUT2D eigenvalue weighted by Crippen LogP contribution is 2.32. The Morgan fingerprint density at radius 2 is 1.95 bits per heavy atom. The molecule has 0 aliphatic carbocycles. The Balaban J connectivity index is 2.27. The van der Waals surface area contributed by atoms with Crippen LogP contribution in [0.1, 0.15) is 24.8 Å². The molecule has 1 heterocycles. The minimum Gasteiger partial charge on any atom is -0.466 e. The van der Waals surface area contributed by atoms with Crippen LogP contribution >= 0.6 is 0 Å². The molecule has 0 fully saturated rings. The van der Waals surface area contributed by atoms with Gasteiger partial charge in [-0.25, -0.2) is 4.79 Å². The SMILES string of the molecule is CCOC(=O)CC1=CN(C(=O)OC)C=CC1c1ccccc1. The number of allylic oxidation sites excluding steroid dienone is 1. The molecule has 0 saturated carbocycles. The first-order valence-electron chi connectivity index (χ1n) is 7.11. The fourth-order valence-electron chi connectivity index (χ4n) is 2.34. The van der Waals surface area contributed by atoms with Crippen molar-refractivity contribution in [3.05, 3.63) is 59.9 Å². The summed E-state index contributed by atoms with van der Waals surface area (Å²) in [6, 6.07) is 9.80. The van der Waals surface area contributed by atoms with Crippen LogP contribution in [0.2, 0.25) is 0 Å². The molecule has 1 atom stereocenters. The van der Waals surface area contributed by atoms with E-state index in [1.807, 2.05) is 36.4 Å². The van der Waals surface area contributed by atoms with Crippen LogP contribution in [0.4, 0.5) is 4.79 Å². The second-order valence-electron chi connectivity index (χ2n) is 4.79. The number of hydrogen-bond donors (Lipinski definition) is 0. The molecule has 1 aromatic rings. The molecule has 2 rings (SSSR count). The molecule has 1 amide bonds. The van der Waals surface area contributed by atoms with Gasteiger partial charge in [0.2, 0.25) is 0 Å². The van der Waals surface area contributed by atoms with Gasteiger partial charge in [0.05, 0.1) is 20.1 Å². The van der Waals surface area contributed by atoms with Gasteiger partial charge in [0.15, 0.2) is 0 Å². The number of methoxy groups -OCH3 is 1. The lowest BCUT2D eigenvalue weighted by Crippen LogP contribution is -2.25. The maximum Gasteiger partial charge on any atom is 0.417 e. The smallest absolute Gasteiger partial charge is 0.417 e. The lowest BCUT2D eigenvalue weighted by Gasteiger charge is -2.25. The van der Waals surface area contributed by atoms with E-state index in [1.54, 1.807) is 19.3 Å². The van der Waals surface area contributed by atoms with Gasteiger partial charge < -0.3 is 9.47 Å². The standard InChI is InChI=1S/C17H19NO4/c1-3-22-16(19)11-14-12-18(17(20)21-2)10-9-15(14)13-7-5-4-6-8-13/h4-10,12,15H,3,11H2,1-2H3. The van der Waals surface area contributed by atoms with E-state index >= 15 is 0 Å². The molecule has 0 spiro atoms. The molecule has 5 heteroatoms. The summed E-state index contributed by atoms with van der Waals surface area (Å²) < 4.78 is 9.72. The second kappa shape index (κ2) is 7.45. The third-order valence-corrected chi connectivity index (χ3v) is 3.34. The molecule has 1 aliphatic heterocycles. The van der Waals surface area contributed by atoms with Crippen molar-refractivity contribution < 1.29 is 19.1 Å². The van der Waals surface area contributed by atoms with Gasteiger partial charge in [0, 0.05) is 18.3 Å². The molecule has 0 bridgehead atoms. The molecule has 1 aromatic carbocycles. The average Bonchev–Trinajstić information content (AvgIpc) is 2.55. The van der Waals surface area contributed by atoms with Crippen molar-refractivity contribution in [3.8, 4) is 0 Å². The van der Waals surface area contributed by atoms with E-state index in [-0.39, 0.29) is 18.3 Å². The first-order chi connectivity index (χ1) is 10.7. The Morgan fingerprint density at radius 1 is 1.23 bits per heavy atom. The topological polar surface area (TPSA) is 55.8 Å². The predicted octanol–water partition coefficient (Wildman–Crippen LogP) is 3.20. The molecule has 0 radical (unpaired) electrons. The number of nitrogens with zero attached hydrogens (tertiary/aromatic N) is 1. The van der Waals surface area contributed by atoms with E-state index < -0.39 is 6.09 Å². The molecule has 0 saturated heterocycles. The summed E-state index contributed by atoms with van der Waals surface area (Å²) in [5.41, 5.74) is 1.84. The van der Waals surface area contributed by atoms with Gasteiger partial charge >= 0.3 is 12.1 Å². The Kier molecular flexibility index (Phi) is 5.36. The van der Waals surface area contributed by atoms with E-state index in [9.17, 15) is 9.59 Å². The highest BCUT2D eigenvalue weighted by Gasteiger charge is 2.23. The van der Waals surface area contributed by atoms with Crippen LogP contribution in [0.15, 0.2) is 54.4 Å². The van der Waals surface area contributed by atoms with Gasteiger partial charge in [0.25, 0.3) is 0 Å². The highest BCUT2D eigenvalue weighted by molar-refractivity contribution is 5.75. The fraction of sp³-hybridized carbons (Fsp3) is 0.294. The van der Waals surface area contributed by atoms with Gasteiger partial charge in [-0.1, -0.05) is 36.4 Å². The van der Waals surface area contributed by atoms with Crippen molar-refractivity contribution in [1.82, 2.24) is 4.90 Å². The molecule has 116 valence electrons. The molecular formula is C17H19NO4. The van der Waals surface area contributed by atoms with Crippen LogP contribution in [0.25, 0.3) is 0 Å². The third-order valence-electron chi connectivity index (χ3n) is 3.34. The first kappa shape index (κ1) is 15.8. The highest BCUT2D eigenvalue weighted by atomic mass is 16.5. The molecule has 22 heavy (non-hydrogen) atoms. The van der Waals surface area contributed by atoms with Gasteiger partial charge in [-0.2, -0.15) is 0 Å². The van der Waals surface area contributed by atoms with Crippen LogP contribution in [0.5, 0.6) is 0 Å². The number of carbonyl (C=O) groups excluding carboxylic acids is 2. The van der Waals surface area contributed by atoms with Gasteiger partial charge in [-0.3, -0.25) is 9.69 Å². The van der Waals surface area contributed by atoms with Crippen LogP contribution in [0, 0.1) is 0 Å². The van der Waals surface area contributed by atoms with Crippen molar-refractivity contribution in [2.24, 2.45) is 0 Å². The monoisotopic (exact) mass is 301 g/mol. The molecule has 0 N–H and O–H groups in total. The summed E-state index contributed by atoms with van der Waals surface area (Å²) >= 11 is 0. The number of amides is 1. The first-order valence-corrected chi connectivity index (χ1v) is 7.11. The molecule has 0 aromatic heterocycles. The number of hydrogen-bond acceptors (Lipinski definition) is 4. The number of ether oxygens (including phenoxy) is 2. The summed E-state index contributed by atoms with van der Waals surface area (Å²) in [6.45, 7) is 2.10. The number of carbonyl (C=O) groups is 2. The maximum absolute atomic E-state index is 11.8. The van der Waals surface area contributed by atoms with E-state index in [0.717, 1.165) is 11.1 Å². The summed E-state index contributed by atoms with van der Waals surface area (Å²) in [6.07, 6.45) is 4.80. The molecule has 1 unspecified atom stereocenters. The predicted molar refractivity (Wildman–Crippen MR) is 81.9 cm³/mol. The van der Waals surface area contributed by atoms with Crippen molar-refractivity contribution in [3.63, 3.8) is 0 Å². The molecule has 1 aliphatic rings. The summed E-state index contributed by atoms with van der Waals surface area (Å²) in [7, 11) is 1.32. The fourth-order valence-corrected chi connectivity index (χ4v) is 2.34. The van der Waals surface area contributed by atoms with Crippen molar-refractivity contribution in [2.75, 3.05) is 13.7 Å². The third kappa shape index (κ3) is 3.75. The van der Waals surface area contributed by atoms with Gasteiger partial charge in [0.1, 0.15) is 0 Å². The van der Waals surface area contributed by atoms with E-state index in [0.29, 0.717) is 6.61 Å². The van der Waals surface area contributed by atoms with Crippen molar-refractivity contribution in [2.45, 2.75) is 19.3 Å². The Labute approximate surface area is 129 Å². The Bertz CT molecular complexity index is 592. The minimum atomic E-state index is -0.496. The van der Waals surface area contributed by atoms with Crippen LogP contribution in [-0.4, -0.2) is 30.7 Å². The second-order valence-corrected chi connectivity index (χ2v) is 4.79. The normalized spacial score (nSPS) is 16.9. The van der Waals surface area contributed by atoms with Crippen molar-refractivity contribution >= 4 is 12.1 Å². The largest absolute Gasteiger partial charge is 0.466 e. The number of benzene rings is 1. The maximum atomic E-state index is 11.8. The zero-order valence-electron chi connectivity index (χ0n) is 12.7. The average molecular weight is 301 g/mol. The van der Waals surface area contributed by atoms with E-state index in [2.05, 4.69) is 0 Å². The number of esters is 1. The van der Waals surface area contributed by atoms with Gasteiger partial charge in [-0.05, 0) is 18.1 Å². The van der Waals surface area contributed by atoms with E-state index in [4.69, 9.17) is 9.47 Å². The quantitative estimate of drug-likeness (QED) is 0.801. The number of rotatable bonds is 4. The summed E-state index contributed by atoms with van der Waals surface area (Å²) in [5, 5.41) is 0. The van der Waals surface area contributed by atoms with Crippen LogP contribution < -0.4 is 0 Å². The lowest BCUT2D eigenvalue weighted by atomic mass is 9.88. The van der Waals surface area contributed by atoms with Crippen LogP contribution in [0.3, 0.4) is 0 Å². The molecule has 5 nitrogen and oxygen atoms in total. The zero-order valence-corrected chi connectivity index (χ0v) is 12.7. The Morgan fingerprint density at radius 3 is 2.59 bits per heavy atom. The van der Waals surface area contributed by atoms with E-state index in [1.165, 1.54) is 12.0 Å². The van der Waals surface area contributed by atoms with Crippen molar-refractivity contribution in [1.29, 1.82) is 0 Å². The van der Waals surface area contributed by atoms with Crippen LogP contribution in [-0.2, 0) is 14.3 Å².